The summed E-state index contributed by atoms with van der Waals surface area (Å²) >= 11 is 0. The number of rotatable bonds is 0. The predicted molar refractivity (Wildman–Crippen MR) is 80.0 cm³/mol. The Balaban J connectivity index is 0.000000150. The number of esters is 4. The van der Waals surface area contributed by atoms with Gasteiger partial charge in [-0.1, -0.05) is 12.5 Å². The Morgan fingerprint density at radius 1 is 0.893 bits per heavy atom. The van der Waals surface area contributed by atoms with Gasteiger partial charge in [0.1, 0.15) is 0 Å². The van der Waals surface area contributed by atoms with Gasteiger partial charge in [0.2, 0.25) is 0 Å². The molecule has 6 rings (SSSR count). The van der Waals surface area contributed by atoms with E-state index in [1.807, 2.05) is 13.0 Å². The summed E-state index contributed by atoms with van der Waals surface area (Å²) in [6.45, 7) is 3.67. The molecule has 5 saturated heterocycles. The Labute approximate surface area is 211 Å². The number of hydrogen-bond acceptors (Lipinski definition) is 8. The van der Waals surface area contributed by atoms with Crippen molar-refractivity contribution in [1.29, 1.82) is 0 Å². The third kappa shape index (κ3) is 2.97. The molecule has 6 aliphatic rings. The molecule has 0 aliphatic carbocycles. The number of fused-ring (bicyclic) bond motifs is 10. The molecule has 0 spiro atoms. The van der Waals surface area contributed by atoms with Gasteiger partial charge in [0.05, 0.1) is 17.8 Å². The summed E-state index contributed by atoms with van der Waals surface area (Å²) in [6, 6.07) is 0. The smallest absolute Gasteiger partial charge is 0.317 e. The second-order valence-corrected chi connectivity index (χ2v) is 7.79. The molecule has 0 aromatic heterocycles. The van der Waals surface area contributed by atoms with Gasteiger partial charge in [-0.05, 0) is 19.8 Å². The van der Waals surface area contributed by atoms with Crippen molar-refractivity contribution < 1.29 is 104 Å². The van der Waals surface area contributed by atoms with E-state index < -0.39 is 52.8 Å². The maximum absolute atomic E-state index is 11.3. The van der Waals surface area contributed by atoms with Crippen molar-refractivity contribution in [3.8, 4) is 0 Å². The summed E-state index contributed by atoms with van der Waals surface area (Å²) in [7, 11) is 0. The molecule has 0 amide bonds. The van der Waals surface area contributed by atoms with Gasteiger partial charge in [-0.15, -0.1) is 0 Å². The quantitative estimate of drug-likeness (QED) is 0.251. The molecule has 6 atom stereocenters. The van der Waals surface area contributed by atoms with E-state index in [0.29, 0.717) is 6.10 Å². The van der Waals surface area contributed by atoms with E-state index in [-0.39, 0.29) is 71.3 Å². The summed E-state index contributed by atoms with van der Waals surface area (Å²) in [5, 5.41) is 0. The van der Waals surface area contributed by atoms with Crippen LogP contribution in [-0.4, -0.2) is 35.1 Å². The predicted octanol–water partition coefficient (Wildman–Crippen LogP) is 0.605. The maximum Gasteiger partial charge on any atom is 0.317 e. The van der Waals surface area contributed by atoms with E-state index in [2.05, 4.69) is 9.47 Å². The Bertz CT molecular complexity index is 796. The molecule has 5 fully saturated rings. The molecule has 144 valence electrons. The van der Waals surface area contributed by atoms with Gasteiger partial charge in [0.25, 0.3) is 5.97 Å². The van der Waals surface area contributed by atoms with Crippen LogP contribution in [0, 0.1) is 35.9 Å². The molecular formula is C18H16O8Y2-2. The van der Waals surface area contributed by atoms with Crippen molar-refractivity contribution in [1.82, 2.24) is 0 Å². The molecule has 6 aliphatic heterocycles. The SMILES string of the molecule is CC12C=C[C-](O1)C1C(=O)OC(=O)C12.CC12CC[C-](O1)C1C(=O)OC(=O)C12.[Y].[Y]. The number of carbonyl (C=O) groups is 4. The van der Waals surface area contributed by atoms with E-state index in [0.717, 1.165) is 18.9 Å². The third-order valence-electron chi connectivity index (χ3n) is 6.16. The van der Waals surface area contributed by atoms with Gasteiger partial charge >= 0.3 is 17.9 Å². The molecule has 6 unspecified atom stereocenters. The number of hydrogen-bond donors (Lipinski definition) is 0. The molecule has 0 aromatic carbocycles. The molecule has 2 radical (unpaired) electrons. The zero-order chi connectivity index (χ0) is 18.4. The van der Waals surface area contributed by atoms with Crippen LogP contribution in [0.5, 0.6) is 0 Å². The van der Waals surface area contributed by atoms with E-state index in [4.69, 9.17) is 9.47 Å². The Kier molecular flexibility index (Phi) is 5.93. The fourth-order valence-corrected chi connectivity index (χ4v) is 4.88. The van der Waals surface area contributed by atoms with Crippen molar-refractivity contribution in [2.24, 2.45) is 23.7 Å². The molecule has 0 saturated carbocycles. The van der Waals surface area contributed by atoms with Crippen LogP contribution in [0.25, 0.3) is 0 Å². The number of carbonyl (C=O) groups excluding carboxylic acids is 4. The molecule has 0 N–H and O–H groups in total. The molecular weight excluding hydrogens is 522 g/mol. The van der Waals surface area contributed by atoms with Crippen molar-refractivity contribution in [3.05, 3.63) is 24.4 Å². The standard InChI is InChI=1S/C9H9O4.C9H7O4.2Y/c2*1-9-3-2-4(13-9)5-6(9)8(11)12-7(5)10;;/h5-6H,2-3H2,1H3;2-3,5-6H,1H3;;/q2*-1;;. The summed E-state index contributed by atoms with van der Waals surface area (Å²) in [5.74, 6) is -3.48. The molecule has 4 bridgehead atoms. The van der Waals surface area contributed by atoms with Crippen LogP contribution in [0.1, 0.15) is 26.7 Å². The molecule has 6 heterocycles. The van der Waals surface area contributed by atoms with Crippen molar-refractivity contribution >= 4 is 23.9 Å². The molecule has 8 nitrogen and oxygen atoms in total. The van der Waals surface area contributed by atoms with Crippen molar-refractivity contribution in [2.45, 2.75) is 37.9 Å². The van der Waals surface area contributed by atoms with Crippen LogP contribution < -0.4 is 0 Å². The van der Waals surface area contributed by atoms with Crippen molar-refractivity contribution in [3.63, 3.8) is 0 Å². The summed E-state index contributed by atoms with van der Waals surface area (Å²) < 4.78 is 20.2. The van der Waals surface area contributed by atoms with Gasteiger partial charge in [0, 0.05) is 76.6 Å². The first-order chi connectivity index (χ1) is 12.2. The Morgan fingerprint density at radius 2 is 1.50 bits per heavy atom. The third-order valence-corrected chi connectivity index (χ3v) is 6.16. The van der Waals surface area contributed by atoms with Crippen molar-refractivity contribution in [2.75, 3.05) is 0 Å². The fourth-order valence-electron chi connectivity index (χ4n) is 4.88. The molecule has 0 aromatic rings. The van der Waals surface area contributed by atoms with Gasteiger partial charge in [-0.3, -0.25) is 19.2 Å². The van der Waals surface area contributed by atoms with Crippen LogP contribution in [0.15, 0.2) is 12.2 Å². The largest absolute Gasteiger partial charge is 0.543 e. The van der Waals surface area contributed by atoms with Gasteiger partial charge in [-0.2, -0.15) is 24.7 Å². The second kappa shape index (κ2) is 7.31. The summed E-state index contributed by atoms with van der Waals surface area (Å²) in [6.07, 6.45) is 6.50. The average molecular weight is 538 g/mol. The zero-order valence-corrected chi connectivity index (χ0v) is 21.0. The fraction of sp³-hybridized carbons (Fsp3) is 0.556. The topological polar surface area (TPSA) is 105 Å². The monoisotopic (exact) mass is 538 g/mol. The van der Waals surface area contributed by atoms with Crippen LogP contribution in [0.4, 0.5) is 0 Å². The van der Waals surface area contributed by atoms with E-state index >= 15 is 0 Å². The minimum Gasteiger partial charge on any atom is -0.543 e. The van der Waals surface area contributed by atoms with Crippen LogP contribution in [0.2, 0.25) is 0 Å². The van der Waals surface area contributed by atoms with E-state index in [1.165, 1.54) is 0 Å². The van der Waals surface area contributed by atoms with E-state index in [9.17, 15) is 19.2 Å². The number of ether oxygens (including phenoxy) is 4. The first-order valence-corrected chi connectivity index (χ1v) is 8.54. The first kappa shape index (κ1) is 22.7. The van der Waals surface area contributed by atoms with Gasteiger partial charge in [0.15, 0.2) is 0 Å². The average Bonchev–Trinajstić information content (AvgIpc) is 3.34. The van der Waals surface area contributed by atoms with Crippen LogP contribution >= 0.6 is 0 Å². The Morgan fingerprint density at radius 3 is 2.11 bits per heavy atom. The van der Waals surface area contributed by atoms with Crippen LogP contribution in [0.3, 0.4) is 0 Å². The van der Waals surface area contributed by atoms with Gasteiger partial charge < -0.3 is 18.9 Å². The minimum absolute atomic E-state index is 0. The second-order valence-electron chi connectivity index (χ2n) is 7.79. The first-order valence-electron chi connectivity index (χ1n) is 8.54. The van der Waals surface area contributed by atoms with Crippen LogP contribution in [-0.2, 0) is 104 Å². The summed E-state index contributed by atoms with van der Waals surface area (Å²) in [4.78, 5) is 45.1. The molecule has 10 heteroatoms. The zero-order valence-electron chi connectivity index (χ0n) is 15.3. The maximum atomic E-state index is 11.3. The number of cyclic esters (lactones) is 4. The van der Waals surface area contributed by atoms with E-state index in [1.54, 1.807) is 13.0 Å². The Hall–Kier alpha value is 0.0178. The minimum atomic E-state index is -0.650. The molecule has 28 heavy (non-hydrogen) atoms. The summed E-state index contributed by atoms with van der Waals surface area (Å²) in [5.41, 5.74) is -1.12. The normalized spacial score (nSPS) is 43.7. The van der Waals surface area contributed by atoms with Gasteiger partial charge in [-0.25, -0.2) is 0 Å².